The Morgan fingerprint density at radius 2 is 1.60 bits per heavy atom. The fraction of sp³-hybridized carbons (Fsp3) is 0.500. The van der Waals surface area contributed by atoms with E-state index in [-0.39, 0.29) is 0 Å². The number of hydrogen-bond donors (Lipinski definition) is 0. The molecular weight excluding hydrogens is 204 g/mol. The third kappa shape index (κ3) is 1.88. The highest BCUT2D eigenvalue weighted by Crippen LogP contribution is 2.27. The molecule has 3 heteroatoms. The van der Waals surface area contributed by atoms with Crippen molar-refractivity contribution in [2.45, 2.75) is 39.5 Å². The third-order valence-corrected chi connectivity index (χ3v) is 3.24. The molecule has 0 aliphatic rings. The summed E-state index contributed by atoms with van der Waals surface area (Å²) in [5.41, 5.74) is 3.34. The highest BCUT2D eigenvalue weighted by atomic mass is 32.1. The van der Waals surface area contributed by atoms with Crippen LogP contribution in [0.3, 0.4) is 0 Å². The molecular formula is C12H16N2S. The molecule has 0 unspecified atom stereocenters. The molecule has 0 amide bonds. The van der Waals surface area contributed by atoms with Gasteiger partial charge in [-0.2, -0.15) is 0 Å². The Bertz CT molecular complexity index is 429. The minimum absolute atomic E-state index is 0.444. The zero-order chi connectivity index (χ0) is 11.0. The quantitative estimate of drug-likeness (QED) is 0.766. The summed E-state index contributed by atoms with van der Waals surface area (Å²) in [5.74, 6) is 0.889. The van der Waals surface area contributed by atoms with Crippen LogP contribution in [-0.2, 0) is 0 Å². The first-order chi connectivity index (χ1) is 7.09. The third-order valence-electron chi connectivity index (χ3n) is 2.44. The normalized spacial score (nSPS) is 11.9. The Labute approximate surface area is 94.4 Å². The average Bonchev–Trinajstić information content (AvgIpc) is 2.61. The lowest BCUT2D eigenvalue weighted by Crippen LogP contribution is -2.04. The summed E-state index contributed by atoms with van der Waals surface area (Å²) in [5, 5.41) is 2.05. The lowest BCUT2D eigenvalue weighted by molar-refractivity contribution is 0.738. The molecule has 2 heterocycles. The van der Waals surface area contributed by atoms with Crippen molar-refractivity contribution in [1.82, 2.24) is 9.97 Å². The number of aromatic nitrogens is 2. The van der Waals surface area contributed by atoms with Gasteiger partial charge in [0.2, 0.25) is 0 Å². The van der Waals surface area contributed by atoms with Crippen LogP contribution >= 0.6 is 11.3 Å². The molecule has 0 fully saturated rings. The fourth-order valence-electron chi connectivity index (χ4n) is 1.67. The van der Waals surface area contributed by atoms with Crippen molar-refractivity contribution < 1.29 is 0 Å². The molecule has 15 heavy (non-hydrogen) atoms. The molecule has 0 saturated heterocycles. The van der Waals surface area contributed by atoms with Crippen molar-refractivity contribution >= 4 is 21.7 Å². The molecule has 0 saturated carbocycles. The van der Waals surface area contributed by atoms with Crippen molar-refractivity contribution in [3.8, 4) is 0 Å². The van der Waals surface area contributed by atoms with Gasteiger partial charge in [-0.25, -0.2) is 9.97 Å². The summed E-state index contributed by atoms with van der Waals surface area (Å²) in [7, 11) is 0. The molecule has 2 aromatic heterocycles. The summed E-state index contributed by atoms with van der Waals surface area (Å²) in [4.78, 5) is 10.5. The Balaban J connectivity index is 2.68. The van der Waals surface area contributed by atoms with E-state index in [0.717, 1.165) is 21.7 Å². The molecule has 0 aromatic carbocycles. The van der Waals surface area contributed by atoms with E-state index < -0.39 is 0 Å². The number of hydrogen-bond acceptors (Lipinski definition) is 3. The maximum atomic E-state index is 4.71. The molecule has 0 atom stereocenters. The van der Waals surface area contributed by atoms with E-state index in [2.05, 4.69) is 33.1 Å². The monoisotopic (exact) mass is 220 g/mol. The molecule has 0 radical (unpaired) electrons. The maximum absolute atomic E-state index is 4.71. The Hall–Kier alpha value is -0.960. The van der Waals surface area contributed by atoms with Gasteiger partial charge < -0.3 is 0 Å². The van der Waals surface area contributed by atoms with Gasteiger partial charge in [-0.1, -0.05) is 27.7 Å². The highest BCUT2D eigenvalue weighted by molar-refractivity contribution is 7.16. The number of rotatable bonds is 2. The van der Waals surface area contributed by atoms with Crippen LogP contribution in [0.2, 0.25) is 0 Å². The fourth-order valence-corrected chi connectivity index (χ4v) is 2.38. The van der Waals surface area contributed by atoms with Crippen molar-refractivity contribution in [2.75, 3.05) is 0 Å². The van der Waals surface area contributed by atoms with Gasteiger partial charge in [0.1, 0.15) is 10.3 Å². The summed E-state index contributed by atoms with van der Waals surface area (Å²) in [6, 6.07) is 2.04. The predicted octanol–water partition coefficient (Wildman–Crippen LogP) is 3.94. The summed E-state index contributed by atoms with van der Waals surface area (Å²) in [6.07, 6.45) is 0. The van der Waals surface area contributed by atoms with Gasteiger partial charge in [0.25, 0.3) is 0 Å². The van der Waals surface area contributed by atoms with E-state index in [0.29, 0.717) is 11.8 Å². The van der Waals surface area contributed by atoms with Crippen LogP contribution in [0.15, 0.2) is 11.4 Å². The minimum Gasteiger partial charge on any atom is -0.248 e. The maximum Gasteiger partial charge on any atom is 0.142 e. The van der Waals surface area contributed by atoms with Crippen LogP contribution in [0.1, 0.15) is 50.9 Å². The number of fused-ring (bicyclic) bond motifs is 1. The smallest absolute Gasteiger partial charge is 0.142 e. The molecule has 80 valence electrons. The second-order valence-corrected chi connectivity index (χ2v) is 5.31. The topological polar surface area (TPSA) is 25.8 Å². The lowest BCUT2D eigenvalue weighted by Gasteiger charge is -2.13. The molecule has 2 aromatic rings. The van der Waals surface area contributed by atoms with Gasteiger partial charge in [0.15, 0.2) is 0 Å². The van der Waals surface area contributed by atoms with Gasteiger partial charge in [0, 0.05) is 0 Å². The van der Waals surface area contributed by atoms with Crippen molar-refractivity contribution in [3.63, 3.8) is 0 Å². The average molecular weight is 220 g/mol. The largest absolute Gasteiger partial charge is 0.248 e. The van der Waals surface area contributed by atoms with Crippen LogP contribution in [-0.4, -0.2) is 9.97 Å². The van der Waals surface area contributed by atoms with Crippen LogP contribution in [0.4, 0.5) is 0 Å². The number of thiophene rings is 1. The van der Waals surface area contributed by atoms with Gasteiger partial charge >= 0.3 is 0 Å². The predicted molar refractivity (Wildman–Crippen MR) is 65.6 cm³/mol. The van der Waals surface area contributed by atoms with E-state index in [9.17, 15) is 0 Å². The molecule has 0 aliphatic carbocycles. The van der Waals surface area contributed by atoms with E-state index in [4.69, 9.17) is 9.97 Å². The SMILES string of the molecule is CC(C)c1nc2ccsc2nc1C(C)C. The van der Waals surface area contributed by atoms with Gasteiger partial charge in [-0.3, -0.25) is 0 Å². The molecule has 0 N–H and O–H groups in total. The minimum atomic E-state index is 0.444. The van der Waals surface area contributed by atoms with Crippen LogP contribution in [0, 0.1) is 0 Å². The van der Waals surface area contributed by atoms with Crippen molar-refractivity contribution in [3.05, 3.63) is 22.8 Å². The van der Waals surface area contributed by atoms with E-state index >= 15 is 0 Å². The van der Waals surface area contributed by atoms with Crippen LogP contribution < -0.4 is 0 Å². The van der Waals surface area contributed by atoms with Gasteiger partial charge in [-0.05, 0) is 23.3 Å². The molecule has 0 spiro atoms. The molecule has 0 aliphatic heterocycles. The van der Waals surface area contributed by atoms with E-state index in [1.807, 2.05) is 6.07 Å². The standard InChI is InChI=1S/C12H16N2S/c1-7(2)10-11(8(3)4)14-12-9(13-10)5-6-15-12/h5-8H,1-4H3. The zero-order valence-corrected chi connectivity index (χ0v) is 10.4. The molecule has 0 bridgehead atoms. The summed E-state index contributed by atoms with van der Waals surface area (Å²) >= 11 is 1.67. The first-order valence-corrected chi connectivity index (χ1v) is 6.22. The Morgan fingerprint density at radius 1 is 1.00 bits per heavy atom. The van der Waals surface area contributed by atoms with Crippen LogP contribution in [0.25, 0.3) is 10.3 Å². The summed E-state index contributed by atoms with van der Waals surface area (Å²) in [6.45, 7) is 8.70. The second-order valence-electron chi connectivity index (χ2n) is 4.41. The Morgan fingerprint density at radius 3 is 2.20 bits per heavy atom. The molecule has 2 nitrogen and oxygen atoms in total. The molecule has 2 rings (SSSR count). The highest BCUT2D eigenvalue weighted by Gasteiger charge is 2.14. The van der Waals surface area contributed by atoms with E-state index in [1.54, 1.807) is 11.3 Å². The van der Waals surface area contributed by atoms with Crippen molar-refractivity contribution in [1.29, 1.82) is 0 Å². The Kier molecular flexibility index (Phi) is 2.74. The van der Waals surface area contributed by atoms with Crippen LogP contribution in [0.5, 0.6) is 0 Å². The lowest BCUT2D eigenvalue weighted by atomic mass is 10.0. The van der Waals surface area contributed by atoms with E-state index in [1.165, 1.54) is 0 Å². The summed E-state index contributed by atoms with van der Waals surface area (Å²) < 4.78 is 0. The first kappa shape index (κ1) is 10.6. The zero-order valence-electron chi connectivity index (χ0n) is 9.61. The van der Waals surface area contributed by atoms with Gasteiger partial charge in [-0.15, -0.1) is 11.3 Å². The number of nitrogens with zero attached hydrogens (tertiary/aromatic N) is 2. The first-order valence-electron chi connectivity index (χ1n) is 5.34. The van der Waals surface area contributed by atoms with Gasteiger partial charge in [0.05, 0.1) is 11.4 Å². The second kappa shape index (κ2) is 3.89. The van der Waals surface area contributed by atoms with Crippen molar-refractivity contribution in [2.24, 2.45) is 0 Å².